The third kappa shape index (κ3) is 13.8. The summed E-state index contributed by atoms with van der Waals surface area (Å²) in [5.74, 6) is 1.60. The molecule has 7 rings (SSSR count). The van der Waals surface area contributed by atoms with Crippen molar-refractivity contribution in [2.45, 2.75) is 98.6 Å². The molecule has 0 atom stereocenters. The van der Waals surface area contributed by atoms with Gasteiger partial charge in [-0.15, -0.1) is 0 Å². The van der Waals surface area contributed by atoms with E-state index < -0.39 is 0 Å². The lowest BCUT2D eigenvalue weighted by atomic mass is 10.0. The summed E-state index contributed by atoms with van der Waals surface area (Å²) in [6, 6.07) is 16.7. The number of benzene rings is 1. The molecule has 6 N–H and O–H groups in total. The van der Waals surface area contributed by atoms with Gasteiger partial charge >= 0.3 is 11.4 Å². The van der Waals surface area contributed by atoms with Crippen LogP contribution in [0.1, 0.15) is 90.7 Å². The van der Waals surface area contributed by atoms with Gasteiger partial charge in [0, 0.05) is 25.6 Å². The Morgan fingerprint density at radius 1 is 0.531 bits per heavy atom. The van der Waals surface area contributed by atoms with Crippen molar-refractivity contribution in [1.82, 2.24) is 49.0 Å². The van der Waals surface area contributed by atoms with Gasteiger partial charge < -0.3 is 35.6 Å². The summed E-state index contributed by atoms with van der Waals surface area (Å²) in [6.07, 6.45) is 13.3. The average Bonchev–Trinajstić information content (AvgIpc) is 3.77. The molecule has 1 aromatic carbocycles. The fourth-order valence-corrected chi connectivity index (χ4v) is 7.09. The summed E-state index contributed by atoms with van der Waals surface area (Å²) >= 11 is 0. The summed E-state index contributed by atoms with van der Waals surface area (Å²) in [5.41, 5.74) is 19.8. The maximum absolute atomic E-state index is 12.4. The molecule has 6 heterocycles. The van der Waals surface area contributed by atoms with E-state index in [1.807, 2.05) is 24.5 Å². The van der Waals surface area contributed by atoms with Crippen LogP contribution in [0, 0.1) is 20.8 Å². The van der Waals surface area contributed by atoms with Crippen LogP contribution in [0.25, 0.3) is 22.3 Å². The van der Waals surface area contributed by atoms with Gasteiger partial charge in [-0.25, -0.2) is 29.5 Å². The van der Waals surface area contributed by atoms with Crippen LogP contribution in [0.5, 0.6) is 0 Å². The number of nitrogens with one attached hydrogen (secondary N) is 2. The Labute approximate surface area is 373 Å². The number of aromatic amines is 2. The Morgan fingerprint density at radius 2 is 0.984 bits per heavy atom. The molecular formula is C47H62N12O5. The van der Waals surface area contributed by atoms with Crippen LogP contribution in [0.15, 0.2) is 70.5 Å². The van der Waals surface area contributed by atoms with Crippen LogP contribution in [0.3, 0.4) is 0 Å². The zero-order valence-electron chi connectivity index (χ0n) is 37.6. The van der Waals surface area contributed by atoms with Crippen LogP contribution in [-0.2, 0) is 46.6 Å². The van der Waals surface area contributed by atoms with Crippen molar-refractivity contribution in [1.29, 1.82) is 0 Å². The standard InChI is InChI=1S/C25H38N6O4.C22H24N6O/c1-3-4-11-33-13-15-35-16-14-34-12-7-5-6-8-20-9-10-21(27-17-20)18-31-24-22(30-25(31)32)23(26)28-19(2)29-24;1-14-6-8-16(9-7-14)4-3-5-17-10-11-18(24-12-17)13-28-21-19(27-22(28)29)20(23)25-15(2)26-21/h9-10,17H,3-8,11-16,18H2,1-2H3,(H,30,32)(H2,26,28,29);6-12H,3-5,13H2,1-2H3,(H,27,29)(H2,23,25,26). The van der Waals surface area contributed by atoms with E-state index in [1.165, 1.54) is 26.8 Å². The van der Waals surface area contributed by atoms with Crippen LogP contribution >= 0.6 is 0 Å². The number of H-pyrrole nitrogens is 2. The zero-order chi connectivity index (χ0) is 45.3. The molecular weight excluding hydrogens is 813 g/mol. The molecule has 0 aliphatic rings. The molecule has 64 heavy (non-hydrogen) atoms. The van der Waals surface area contributed by atoms with Gasteiger partial charge in [0.05, 0.1) is 50.9 Å². The summed E-state index contributed by atoms with van der Waals surface area (Å²) in [7, 11) is 0. The fourth-order valence-electron chi connectivity index (χ4n) is 7.09. The maximum Gasteiger partial charge on any atom is 0.328 e. The number of aryl methyl sites for hydroxylation is 6. The summed E-state index contributed by atoms with van der Waals surface area (Å²) in [6.45, 7) is 12.5. The first-order valence-corrected chi connectivity index (χ1v) is 22.2. The largest absolute Gasteiger partial charge is 0.382 e. The summed E-state index contributed by atoms with van der Waals surface area (Å²) in [4.78, 5) is 56.1. The van der Waals surface area contributed by atoms with E-state index in [0.717, 1.165) is 82.4 Å². The number of hydrogen-bond donors (Lipinski definition) is 4. The molecule has 0 aliphatic heterocycles. The molecule has 0 aliphatic carbocycles. The molecule has 0 saturated carbocycles. The van der Waals surface area contributed by atoms with Crippen molar-refractivity contribution in [3.63, 3.8) is 0 Å². The Kier molecular flexibility index (Phi) is 17.7. The number of pyridine rings is 2. The van der Waals surface area contributed by atoms with Crippen molar-refractivity contribution in [3.8, 4) is 0 Å². The first kappa shape index (κ1) is 47.2. The number of imidazole rings is 2. The lowest BCUT2D eigenvalue weighted by Gasteiger charge is -2.07. The van der Waals surface area contributed by atoms with Gasteiger partial charge in [-0.3, -0.25) is 19.1 Å². The molecule has 340 valence electrons. The number of fused-ring (bicyclic) bond motifs is 2. The van der Waals surface area contributed by atoms with Gasteiger partial charge in [0.2, 0.25) is 0 Å². The predicted octanol–water partition coefficient (Wildman–Crippen LogP) is 5.95. The lowest BCUT2D eigenvalue weighted by Crippen LogP contribution is -2.18. The van der Waals surface area contributed by atoms with Gasteiger partial charge in [0.1, 0.15) is 22.7 Å². The average molecular weight is 875 g/mol. The van der Waals surface area contributed by atoms with E-state index in [4.69, 9.17) is 25.7 Å². The Balaban J connectivity index is 0.000000216. The zero-order valence-corrected chi connectivity index (χ0v) is 37.6. The highest BCUT2D eigenvalue weighted by atomic mass is 16.5. The van der Waals surface area contributed by atoms with Crippen molar-refractivity contribution in [2.24, 2.45) is 0 Å². The van der Waals surface area contributed by atoms with E-state index in [2.05, 4.69) is 90.1 Å². The van der Waals surface area contributed by atoms with Crippen molar-refractivity contribution in [2.75, 3.05) is 51.1 Å². The highest BCUT2D eigenvalue weighted by Gasteiger charge is 2.15. The predicted molar refractivity (Wildman–Crippen MR) is 249 cm³/mol. The van der Waals surface area contributed by atoms with Gasteiger partial charge in [0.15, 0.2) is 22.9 Å². The van der Waals surface area contributed by atoms with Crippen LogP contribution in [0.4, 0.5) is 11.6 Å². The third-order valence-electron chi connectivity index (χ3n) is 10.6. The summed E-state index contributed by atoms with van der Waals surface area (Å²) < 4.78 is 19.6. The Bertz CT molecular complexity index is 2640. The van der Waals surface area contributed by atoms with Crippen molar-refractivity contribution < 1.29 is 14.2 Å². The molecule has 0 saturated heterocycles. The SMILES string of the molecule is CCCCOCCOCCOCCCCCc1ccc(Cn2c(=O)[nH]c3c(N)nc(C)nc32)nc1.Cc1ccc(CCCc2ccc(Cn3c(=O)[nH]c4c(N)nc(C)nc43)nc2)cc1. The minimum Gasteiger partial charge on any atom is -0.382 e. The van der Waals surface area contributed by atoms with E-state index in [-0.39, 0.29) is 23.0 Å². The lowest BCUT2D eigenvalue weighted by molar-refractivity contribution is 0.0134. The molecule has 0 bridgehead atoms. The number of anilines is 2. The molecule has 17 nitrogen and oxygen atoms in total. The highest BCUT2D eigenvalue weighted by molar-refractivity contribution is 5.82. The van der Waals surface area contributed by atoms with Crippen LogP contribution in [-0.4, -0.2) is 88.6 Å². The van der Waals surface area contributed by atoms with Gasteiger partial charge in [-0.05, 0) is 94.5 Å². The van der Waals surface area contributed by atoms with E-state index in [0.29, 0.717) is 73.5 Å². The smallest absolute Gasteiger partial charge is 0.328 e. The minimum atomic E-state index is -0.275. The number of nitrogens with zero attached hydrogens (tertiary/aromatic N) is 8. The topological polar surface area (TPSA) is 233 Å². The number of nitrogen functional groups attached to an aromatic ring is 2. The monoisotopic (exact) mass is 874 g/mol. The molecule has 0 radical (unpaired) electrons. The van der Waals surface area contributed by atoms with Gasteiger partial charge in [-0.1, -0.05) is 61.7 Å². The fraction of sp³-hybridized carbons (Fsp3) is 0.447. The molecule has 7 aromatic rings. The molecule has 0 fully saturated rings. The number of unbranched alkanes of at least 4 members (excludes halogenated alkanes) is 3. The molecule has 0 amide bonds. The first-order chi connectivity index (χ1) is 31.1. The second-order valence-corrected chi connectivity index (χ2v) is 15.9. The Hall–Kier alpha value is -6.30. The summed E-state index contributed by atoms with van der Waals surface area (Å²) in [5, 5.41) is 0. The second-order valence-electron chi connectivity index (χ2n) is 15.9. The number of nitrogens with two attached hydrogens (primary N) is 2. The van der Waals surface area contributed by atoms with Crippen molar-refractivity contribution >= 4 is 34.0 Å². The number of aromatic nitrogens is 10. The van der Waals surface area contributed by atoms with E-state index in [1.54, 1.807) is 18.4 Å². The van der Waals surface area contributed by atoms with Crippen LogP contribution < -0.4 is 22.8 Å². The van der Waals surface area contributed by atoms with Gasteiger partial charge in [0.25, 0.3) is 0 Å². The maximum atomic E-state index is 12.4. The molecule has 6 aromatic heterocycles. The molecule has 0 spiro atoms. The molecule has 0 unspecified atom stereocenters. The quantitative estimate of drug-likeness (QED) is 0.0545. The van der Waals surface area contributed by atoms with E-state index >= 15 is 0 Å². The Morgan fingerprint density at radius 3 is 1.47 bits per heavy atom. The van der Waals surface area contributed by atoms with Gasteiger partial charge in [-0.2, -0.15) is 0 Å². The highest BCUT2D eigenvalue weighted by Crippen LogP contribution is 2.17. The number of rotatable bonds is 23. The normalized spacial score (nSPS) is 11.4. The minimum absolute atomic E-state index is 0.268. The second kappa shape index (κ2) is 24.0. The van der Waals surface area contributed by atoms with Crippen LogP contribution in [0.2, 0.25) is 0 Å². The third-order valence-corrected chi connectivity index (χ3v) is 10.6. The first-order valence-electron chi connectivity index (χ1n) is 22.2. The number of ether oxygens (including phenoxy) is 3. The number of hydrogen-bond acceptors (Lipinski definition) is 13. The van der Waals surface area contributed by atoms with E-state index in [9.17, 15) is 9.59 Å². The van der Waals surface area contributed by atoms with Crippen molar-refractivity contribution in [3.05, 3.63) is 127 Å². The molecule has 17 heteroatoms.